The van der Waals surface area contributed by atoms with Crippen LogP contribution < -0.4 is 0 Å². The van der Waals surface area contributed by atoms with E-state index in [1.165, 1.54) is 22.5 Å². The molecule has 2 aliphatic heterocycles. The normalized spacial score (nSPS) is 22.1. The van der Waals surface area contributed by atoms with Crippen LogP contribution in [0.3, 0.4) is 0 Å². The van der Waals surface area contributed by atoms with Crippen molar-refractivity contribution in [2.24, 2.45) is 5.92 Å². The lowest BCUT2D eigenvalue weighted by molar-refractivity contribution is 0.0824. The molecule has 2 aliphatic rings. The number of hydrogen-bond donors (Lipinski definition) is 0. The van der Waals surface area contributed by atoms with Crippen LogP contribution in [0.25, 0.3) is 0 Å². The topological polar surface area (TPSA) is 64.4 Å². The van der Waals surface area contributed by atoms with Crippen molar-refractivity contribution in [3.63, 3.8) is 0 Å². The molecule has 1 unspecified atom stereocenters. The van der Waals surface area contributed by atoms with Crippen molar-refractivity contribution in [3.05, 3.63) is 47.8 Å². The number of nitrogens with zero attached hydrogens (tertiary/aromatic N) is 3. The van der Waals surface area contributed by atoms with E-state index < -0.39 is 15.8 Å². The predicted octanol–water partition coefficient (Wildman–Crippen LogP) is 3.33. The monoisotopic (exact) mass is 421 g/mol. The zero-order valence-electron chi connectivity index (χ0n) is 16.8. The number of rotatable bonds is 5. The second kappa shape index (κ2) is 8.53. The van der Waals surface area contributed by atoms with Gasteiger partial charge in [-0.25, -0.2) is 17.8 Å². The largest absolute Gasteiger partial charge is 0.381 e. The number of imidazole rings is 1. The third-order valence-electron chi connectivity index (χ3n) is 6.03. The molecule has 0 spiro atoms. The fraction of sp³-hybridized carbons (Fsp3) is 0.571. The molecule has 1 aromatic heterocycles. The van der Waals surface area contributed by atoms with E-state index in [4.69, 9.17) is 4.74 Å². The van der Waals surface area contributed by atoms with Gasteiger partial charge in [-0.2, -0.15) is 4.31 Å². The molecule has 8 heteroatoms. The minimum absolute atomic E-state index is 0.0276. The van der Waals surface area contributed by atoms with E-state index >= 15 is 0 Å². The average molecular weight is 422 g/mol. The van der Waals surface area contributed by atoms with Crippen molar-refractivity contribution in [2.75, 3.05) is 26.3 Å². The van der Waals surface area contributed by atoms with Crippen molar-refractivity contribution < 1.29 is 17.5 Å². The summed E-state index contributed by atoms with van der Waals surface area (Å²) in [6.45, 7) is 5.27. The van der Waals surface area contributed by atoms with Crippen LogP contribution in [0, 0.1) is 18.7 Å². The van der Waals surface area contributed by atoms with Crippen LogP contribution in [-0.4, -0.2) is 48.6 Å². The van der Waals surface area contributed by atoms with Gasteiger partial charge in [0.15, 0.2) is 0 Å². The molecule has 6 nitrogen and oxygen atoms in total. The molecule has 0 N–H and O–H groups in total. The fourth-order valence-electron chi connectivity index (χ4n) is 4.43. The van der Waals surface area contributed by atoms with Crippen molar-refractivity contribution >= 4 is 10.0 Å². The maximum atomic E-state index is 13.6. The number of aromatic nitrogens is 2. The first-order valence-electron chi connectivity index (χ1n) is 10.3. The van der Waals surface area contributed by atoms with Gasteiger partial charge >= 0.3 is 0 Å². The summed E-state index contributed by atoms with van der Waals surface area (Å²) in [6.07, 6.45) is 5.64. The van der Waals surface area contributed by atoms with E-state index in [-0.39, 0.29) is 10.8 Å². The Bertz CT molecular complexity index is 954. The van der Waals surface area contributed by atoms with Gasteiger partial charge in [-0.05, 0) is 56.7 Å². The van der Waals surface area contributed by atoms with Gasteiger partial charge < -0.3 is 9.30 Å². The first kappa shape index (κ1) is 20.5. The van der Waals surface area contributed by atoms with Crippen LogP contribution in [0.5, 0.6) is 0 Å². The number of benzene rings is 1. The Hall–Kier alpha value is -1.77. The molecule has 0 aliphatic carbocycles. The number of sulfonamides is 1. The van der Waals surface area contributed by atoms with Gasteiger partial charge in [-0.1, -0.05) is 6.07 Å². The Morgan fingerprint density at radius 3 is 2.79 bits per heavy atom. The SMILES string of the molecule is Cc1cnc(C2CCOCC2)n1CC1CCCN(S(=O)(=O)c2cccc(F)c2)C1. The zero-order valence-corrected chi connectivity index (χ0v) is 17.6. The molecule has 2 fully saturated rings. The van der Waals surface area contributed by atoms with Crippen LogP contribution in [0.1, 0.15) is 43.1 Å². The van der Waals surface area contributed by atoms with Crippen molar-refractivity contribution in [3.8, 4) is 0 Å². The van der Waals surface area contributed by atoms with Crippen molar-refractivity contribution in [2.45, 2.75) is 50.0 Å². The summed E-state index contributed by atoms with van der Waals surface area (Å²) in [7, 11) is -3.69. The summed E-state index contributed by atoms with van der Waals surface area (Å²) in [6, 6.07) is 5.27. The fourth-order valence-corrected chi connectivity index (χ4v) is 6.01. The average Bonchev–Trinajstić information content (AvgIpc) is 3.09. The van der Waals surface area contributed by atoms with E-state index in [0.29, 0.717) is 19.0 Å². The zero-order chi connectivity index (χ0) is 20.4. The maximum absolute atomic E-state index is 13.6. The molecule has 0 amide bonds. The number of aryl methyl sites for hydroxylation is 1. The molecule has 0 radical (unpaired) electrons. The molecular weight excluding hydrogens is 393 g/mol. The molecule has 29 heavy (non-hydrogen) atoms. The van der Waals surface area contributed by atoms with E-state index in [9.17, 15) is 12.8 Å². The highest BCUT2D eigenvalue weighted by atomic mass is 32.2. The third kappa shape index (κ3) is 4.39. The lowest BCUT2D eigenvalue weighted by Crippen LogP contribution is -2.41. The number of ether oxygens (including phenoxy) is 1. The standard InChI is InChI=1S/C21H28FN3O3S/c1-16-13-23-21(18-7-10-28-11-8-18)25(16)15-17-4-3-9-24(14-17)29(26,27)20-6-2-5-19(22)12-20/h2,5-6,12-13,17-18H,3-4,7-11,14-15H2,1H3. The predicted molar refractivity (Wildman–Crippen MR) is 108 cm³/mol. The first-order chi connectivity index (χ1) is 13.9. The van der Waals surface area contributed by atoms with Gasteiger partial charge in [0.1, 0.15) is 11.6 Å². The highest BCUT2D eigenvalue weighted by Gasteiger charge is 2.31. The lowest BCUT2D eigenvalue weighted by atomic mass is 9.97. The second-order valence-corrected chi connectivity index (χ2v) is 10.0. The molecule has 4 rings (SSSR count). The third-order valence-corrected chi connectivity index (χ3v) is 7.89. The van der Waals surface area contributed by atoms with Gasteiger partial charge in [0, 0.05) is 50.7 Å². The molecule has 1 atom stereocenters. The van der Waals surface area contributed by atoms with Crippen molar-refractivity contribution in [1.29, 1.82) is 0 Å². The Kier molecular flexibility index (Phi) is 6.03. The summed E-state index contributed by atoms with van der Waals surface area (Å²) >= 11 is 0. The Balaban J connectivity index is 1.51. The van der Waals surface area contributed by atoms with E-state index in [0.717, 1.165) is 63.0 Å². The van der Waals surface area contributed by atoms with Gasteiger partial charge in [0.05, 0.1) is 4.90 Å². The van der Waals surface area contributed by atoms with Crippen LogP contribution in [0.4, 0.5) is 4.39 Å². The Labute approximate surface area is 171 Å². The smallest absolute Gasteiger partial charge is 0.243 e. The number of piperidine rings is 1. The van der Waals surface area contributed by atoms with Gasteiger partial charge in [0.2, 0.25) is 10.0 Å². The first-order valence-corrected chi connectivity index (χ1v) is 11.7. The highest BCUT2D eigenvalue weighted by Crippen LogP contribution is 2.30. The quantitative estimate of drug-likeness (QED) is 0.743. The van der Waals surface area contributed by atoms with E-state index in [1.807, 2.05) is 6.20 Å². The molecule has 2 saturated heterocycles. The summed E-state index contributed by atoms with van der Waals surface area (Å²) in [5.41, 5.74) is 1.11. The molecule has 0 bridgehead atoms. The molecule has 0 saturated carbocycles. The Morgan fingerprint density at radius 1 is 1.24 bits per heavy atom. The molecule has 3 heterocycles. The van der Waals surface area contributed by atoms with E-state index in [2.05, 4.69) is 16.5 Å². The van der Waals surface area contributed by atoms with Crippen molar-refractivity contribution in [1.82, 2.24) is 13.9 Å². The maximum Gasteiger partial charge on any atom is 0.243 e. The summed E-state index contributed by atoms with van der Waals surface area (Å²) in [4.78, 5) is 4.69. The van der Waals surface area contributed by atoms with Gasteiger partial charge in [-0.15, -0.1) is 0 Å². The molecular formula is C21H28FN3O3S. The lowest BCUT2D eigenvalue weighted by Gasteiger charge is -2.33. The molecule has 2 aromatic rings. The van der Waals surface area contributed by atoms with Crippen LogP contribution in [-0.2, 0) is 21.3 Å². The summed E-state index contributed by atoms with van der Waals surface area (Å²) in [5.74, 6) is 1.16. The summed E-state index contributed by atoms with van der Waals surface area (Å²) in [5, 5.41) is 0. The van der Waals surface area contributed by atoms with Gasteiger partial charge in [0.25, 0.3) is 0 Å². The Morgan fingerprint density at radius 2 is 2.03 bits per heavy atom. The minimum Gasteiger partial charge on any atom is -0.381 e. The molecule has 1 aromatic carbocycles. The molecule has 158 valence electrons. The minimum atomic E-state index is -3.69. The van der Waals surface area contributed by atoms with Crippen LogP contribution in [0.15, 0.2) is 35.4 Å². The number of halogens is 1. The van der Waals surface area contributed by atoms with Crippen LogP contribution >= 0.6 is 0 Å². The van der Waals surface area contributed by atoms with E-state index in [1.54, 1.807) is 0 Å². The highest BCUT2D eigenvalue weighted by molar-refractivity contribution is 7.89. The summed E-state index contributed by atoms with van der Waals surface area (Å²) < 4.78 is 48.8. The second-order valence-electron chi connectivity index (χ2n) is 8.08. The number of hydrogen-bond acceptors (Lipinski definition) is 4. The van der Waals surface area contributed by atoms with Crippen LogP contribution in [0.2, 0.25) is 0 Å². The van der Waals surface area contributed by atoms with Gasteiger partial charge in [-0.3, -0.25) is 0 Å².